The van der Waals surface area contributed by atoms with Gasteiger partial charge in [0.15, 0.2) is 0 Å². The Labute approximate surface area is 167 Å². The molecule has 144 valence electrons. The van der Waals surface area contributed by atoms with Gasteiger partial charge in [0.25, 0.3) is 0 Å². The van der Waals surface area contributed by atoms with E-state index in [2.05, 4.69) is 27.2 Å². The summed E-state index contributed by atoms with van der Waals surface area (Å²) in [6, 6.07) is 8.52. The molecule has 4 nitrogen and oxygen atoms in total. The van der Waals surface area contributed by atoms with E-state index in [4.69, 9.17) is 11.6 Å². The van der Waals surface area contributed by atoms with Gasteiger partial charge in [0, 0.05) is 50.3 Å². The molecule has 3 aliphatic rings. The second kappa shape index (κ2) is 8.47. The molecule has 1 aromatic carbocycles. The van der Waals surface area contributed by atoms with Crippen LogP contribution in [0.2, 0.25) is 5.02 Å². The molecule has 1 aliphatic carbocycles. The molecule has 1 saturated carbocycles. The highest BCUT2D eigenvalue weighted by molar-refractivity contribution is 6.30. The third-order valence-corrected chi connectivity index (χ3v) is 6.63. The molecule has 6 heteroatoms. The van der Waals surface area contributed by atoms with Crippen LogP contribution in [0.5, 0.6) is 0 Å². The van der Waals surface area contributed by atoms with E-state index in [9.17, 15) is 4.79 Å². The molecule has 1 atom stereocenters. The Balaban J connectivity index is 0.00000196. The Bertz CT molecular complexity index is 610. The van der Waals surface area contributed by atoms with Gasteiger partial charge >= 0.3 is 0 Å². The standard InChI is InChI=1S/C20H28ClN3O.ClH/c21-17-5-3-16(4-6-17)20(8-1-2-9-20)19(25)24-12-7-18(15-24)23-13-10-22-11-14-23;/h3-6,18,22H,1-2,7-15H2;1H. The average molecular weight is 398 g/mol. The van der Waals surface area contributed by atoms with Gasteiger partial charge in [-0.05, 0) is 37.0 Å². The average Bonchev–Trinajstić information content (AvgIpc) is 3.33. The van der Waals surface area contributed by atoms with Crippen molar-refractivity contribution in [3.05, 3.63) is 34.9 Å². The van der Waals surface area contributed by atoms with Gasteiger partial charge in [-0.3, -0.25) is 9.69 Å². The maximum Gasteiger partial charge on any atom is 0.233 e. The minimum Gasteiger partial charge on any atom is -0.340 e. The van der Waals surface area contributed by atoms with E-state index in [1.54, 1.807) is 0 Å². The second-order valence-corrected chi connectivity index (χ2v) is 8.21. The van der Waals surface area contributed by atoms with Gasteiger partial charge in [0.1, 0.15) is 0 Å². The molecule has 2 saturated heterocycles. The minimum absolute atomic E-state index is 0. The second-order valence-electron chi connectivity index (χ2n) is 7.78. The predicted octanol–water partition coefficient (Wildman–Crippen LogP) is 3.08. The topological polar surface area (TPSA) is 35.6 Å². The van der Waals surface area contributed by atoms with E-state index in [0.717, 1.165) is 82.0 Å². The van der Waals surface area contributed by atoms with E-state index in [1.807, 2.05) is 12.1 Å². The number of hydrogen-bond acceptors (Lipinski definition) is 3. The fourth-order valence-electron chi connectivity index (χ4n) is 4.95. The number of halogens is 2. The molecule has 3 fully saturated rings. The van der Waals surface area contributed by atoms with Crippen molar-refractivity contribution in [2.75, 3.05) is 39.3 Å². The van der Waals surface area contributed by atoms with E-state index in [-0.39, 0.29) is 17.8 Å². The monoisotopic (exact) mass is 397 g/mol. The van der Waals surface area contributed by atoms with Crippen LogP contribution in [0.3, 0.4) is 0 Å². The maximum absolute atomic E-state index is 13.5. The lowest BCUT2D eigenvalue weighted by Gasteiger charge is -2.35. The maximum atomic E-state index is 13.5. The number of nitrogens with one attached hydrogen (secondary N) is 1. The number of rotatable bonds is 3. The summed E-state index contributed by atoms with van der Waals surface area (Å²) < 4.78 is 0. The Hall–Kier alpha value is -0.810. The van der Waals surface area contributed by atoms with Crippen LogP contribution >= 0.6 is 24.0 Å². The first-order valence-electron chi connectivity index (χ1n) is 9.69. The lowest BCUT2D eigenvalue weighted by Crippen LogP contribution is -2.50. The van der Waals surface area contributed by atoms with Crippen LogP contribution in [-0.4, -0.2) is 61.0 Å². The Morgan fingerprint density at radius 2 is 1.73 bits per heavy atom. The van der Waals surface area contributed by atoms with Crippen molar-refractivity contribution in [3.63, 3.8) is 0 Å². The summed E-state index contributed by atoms with van der Waals surface area (Å²) in [7, 11) is 0. The fraction of sp³-hybridized carbons (Fsp3) is 0.650. The molecule has 0 radical (unpaired) electrons. The summed E-state index contributed by atoms with van der Waals surface area (Å²) in [6.07, 6.45) is 5.35. The van der Waals surface area contributed by atoms with Gasteiger partial charge in [-0.15, -0.1) is 12.4 Å². The Morgan fingerprint density at radius 1 is 1.08 bits per heavy atom. The lowest BCUT2D eigenvalue weighted by molar-refractivity contribution is -0.136. The van der Waals surface area contributed by atoms with Crippen LogP contribution in [0.25, 0.3) is 0 Å². The molecule has 1 unspecified atom stereocenters. The highest BCUT2D eigenvalue weighted by Crippen LogP contribution is 2.43. The van der Waals surface area contributed by atoms with E-state index < -0.39 is 0 Å². The molecule has 1 N–H and O–H groups in total. The molecule has 0 aromatic heterocycles. The van der Waals surface area contributed by atoms with Crippen LogP contribution < -0.4 is 5.32 Å². The molecule has 26 heavy (non-hydrogen) atoms. The lowest BCUT2D eigenvalue weighted by atomic mass is 9.77. The number of piperazine rings is 1. The molecule has 2 aliphatic heterocycles. The van der Waals surface area contributed by atoms with E-state index in [0.29, 0.717) is 11.9 Å². The number of hydrogen-bond donors (Lipinski definition) is 1. The SMILES string of the molecule is Cl.O=C(N1CCC(N2CCNCC2)C1)C1(c2ccc(Cl)cc2)CCCC1. The van der Waals surface area contributed by atoms with Gasteiger partial charge in [0.2, 0.25) is 5.91 Å². The summed E-state index contributed by atoms with van der Waals surface area (Å²) in [5.41, 5.74) is 0.841. The van der Waals surface area contributed by atoms with Crippen molar-refractivity contribution in [1.82, 2.24) is 15.1 Å². The van der Waals surface area contributed by atoms with Crippen LogP contribution in [0, 0.1) is 0 Å². The largest absolute Gasteiger partial charge is 0.340 e. The molecule has 4 rings (SSSR count). The normalized spacial score (nSPS) is 25.9. The number of nitrogens with zero attached hydrogens (tertiary/aromatic N) is 2. The van der Waals surface area contributed by atoms with Crippen molar-refractivity contribution in [3.8, 4) is 0 Å². The van der Waals surface area contributed by atoms with Crippen LogP contribution in [-0.2, 0) is 10.2 Å². The molecular formula is C20H29Cl2N3O. The molecule has 1 amide bonds. The molecule has 1 aromatic rings. The molecule has 0 spiro atoms. The van der Waals surface area contributed by atoms with Crippen LogP contribution in [0.4, 0.5) is 0 Å². The fourth-order valence-corrected chi connectivity index (χ4v) is 5.07. The Morgan fingerprint density at radius 3 is 2.38 bits per heavy atom. The summed E-state index contributed by atoms with van der Waals surface area (Å²) in [5.74, 6) is 0.352. The van der Waals surface area contributed by atoms with Crippen molar-refractivity contribution >= 4 is 29.9 Å². The van der Waals surface area contributed by atoms with Crippen LogP contribution in [0.15, 0.2) is 24.3 Å². The van der Waals surface area contributed by atoms with E-state index >= 15 is 0 Å². The third-order valence-electron chi connectivity index (χ3n) is 6.38. The van der Waals surface area contributed by atoms with Gasteiger partial charge in [-0.2, -0.15) is 0 Å². The molecular weight excluding hydrogens is 369 g/mol. The van der Waals surface area contributed by atoms with Crippen molar-refractivity contribution in [2.24, 2.45) is 0 Å². The zero-order valence-corrected chi connectivity index (χ0v) is 16.8. The third kappa shape index (κ3) is 3.75. The first kappa shape index (κ1) is 19.9. The first-order chi connectivity index (χ1) is 12.2. The number of likely N-dealkylation sites (tertiary alicyclic amines) is 1. The van der Waals surface area contributed by atoms with Gasteiger partial charge in [-0.25, -0.2) is 0 Å². The Kier molecular flexibility index (Phi) is 6.50. The van der Waals surface area contributed by atoms with Gasteiger partial charge in [0.05, 0.1) is 5.41 Å². The van der Waals surface area contributed by atoms with Gasteiger partial charge in [-0.1, -0.05) is 36.6 Å². The van der Waals surface area contributed by atoms with Crippen molar-refractivity contribution < 1.29 is 4.79 Å². The molecule has 0 bridgehead atoms. The summed E-state index contributed by atoms with van der Waals surface area (Å²) in [4.78, 5) is 18.3. The van der Waals surface area contributed by atoms with Crippen LogP contribution in [0.1, 0.15) is 37.7 Å². The summed E-state index contributed by atoms with van der Waals surface area (Å²) >= 11 is 6.07. The summed E-state index contributed by atoms with van der Waals surface area (Å²) in [6.45, 7) is 6.15. The molecule has 2 heterocycles. The predicted molar refractivity (Wildman–Crippen MR) is 108 cm³/mol. The number of carbonyl (C=O) groups is 1. The zero-order chi connectivity index (χ0) is 17.3. The van der Waals surface area contributed by atoms with Crippen molar-refractivity contribution in [2.45, 2.75) is 43.6 Å². The van der Waals surface area contributed by atoms with E-state index in [1.165, 1.54) is 0 Å². The number of carbonyl (C=O) groups excluding carboxylic acids is 1. The quantitative estimate of drug-likeness (QED) is 0.850. The zero-order valence-electron chi connectivity index (χ0n) is 15.3. The first-order valence-corrected chi connectivity index (χ1v) is 10.1. The smallest absolute Gasteiger partial charge is 0.233 e. The highest BCUT2D eigenvalue weighted by Gasteiger charge is 2.46. The highest BCUT2D eigenvalue weighted by atomic mass is 35.5. The van der Waals surface area contributed by atoms with Crippen molar-refractivity contribution in [1.29, 1.82) is 0 Å². The number of amides is 1. The number of benzene rings is 1. The minimum atomic E-state index is -0.317. The van der Waals surface area contributed by atoms with Gasteiger partial charge < -0.3 is 10.2 Å². The summed E-state index contributed by atoms with van der Waals surface area (Å²) in [5, 5.41) is 4.16.